The number of anilines is 1. The van der Waals surface area contributed by atoms with Gasteiger partial charge in [-0.15, -0.1) is 11.3 Å². The summed E-state index contributed by atoms with van der Waals surface area (Å²) in [5, 5.41) is 3.61. The van der Waals surface area contributed by atoms with Crippen LogP contribution in [0.1, 0.15) is 51.9 Å². The highest BCUT2D eigenvalue weighted by atomic mass is 35.5. The Morgan fingerprint density at radius 2 is 1.84 bits per heavy atom. The Hall–Kier alpha value is -2.37. The van der Waals surface area contributed by atoms with Gasteiger partial charge in [0.15, 0.2) is 6.61 Å². The second-order valence-corrected chi connectivity index (χ2v) is 9.42. The van der Waals surface area contributed by atoms with Crippen molar-refractivity contribution in [3.05, 3.63) is 52.9 Å². The van der Waals surface area contributed by atoms with E-state index in [4.69, 9.17) is 21.3 Å². The van der Waals surface area contributed by atoms with Crippen LogP contribution < -0.4 is 9.64 Å². The van der Waals surface area contributed by atoms with Crippen molar-refractivity contribution >= 4 is 34.5 Å². The van der Waals surface area contributed by atoms with E-state index >= 15 is 0 Å². The summed E-state index contributed by atoms with van der Waals surface area (Å²) in [5.41, 5.74) is 3.63. The highest BCUT2D eigenvalue weighted by Gasteiger charge is 2.26. The Morgan fingerprint density at radius 3 is 2.66 bits per heavy atom. The number of carbonyl (C=O) groups is 1. The van der Waals surface area contributed by atoms with Crippen LogP contribution in [0.5, 0.6) is 5.75 Å². The second-order valence-electron chi connectivity index (χ2n) is 8.16. The predicted molar refractivity (Wildman–Crippen MR) is 134 cm³/mol. The molecule has 168 valence electrons. The van der Waals surface area contributed by atoms with Crippen molar-refractivity contribution < 1.29 is 9.53 Å². The molecule has 0 saturated carbocycles. The van der Waals surface area contributed by atoms with Gasteiger partial charge in [0.2, 0.25) is 0 Å². The summed E-state index contributed by atoms with van der Waals surface area (Å²) >= 11 is 7.91. The molecule has 32 heavy (non-hydrogen) atoms. The lowest BCUT2D eigenvalue weighted by molar-refractivity contribution is -0.121. The van der Waals surface area contributed by atoms with Crippen molar-refractivity contribution in [3.63, 3.8) is 0 Å². The molecule has 0 N–H and O–H groups in total. The zero-order valence-electron chi connectivity index (χ0n) is 18.5. The minimum Gasteiger partial charge on any atom is -0.482 e. The summed E-state index contributed by atoms with van der Waals surface area (Å²) in [4.78, 5) is 19.3. The first-order valence-electron chi connectivity index (χ1n) is 11.5. The molecule has 1 aliphatic rings. The van der Waals surface area contributed by atoms with Crippen molar-refractivity contribution in [2.75, 3.05) is 18.1 Å². The first-order valence-corrected chi connectivity index (χ1v) is 12.7. The standard InChI is InChI=1S/C26H29ClN2O2S/c1-2-3-4-5-6-7-10-15-29-23-16-19(13-14-24(23)31-17-25(29)30)22-18-32-26(28-22)20-11-8-9-12-21(20)27/h8-9,11-14,16,18H,2-7,10,15,17H2,1H3. The fourth-order valence-electron chi connectivity index (χ4n) is 4.00. The van der Waals surface area contributed by atoms with Gasteiger partial charge in [0.25, 0.3) is 5.91 Å². The molecule has 2 aromatic carbocycles. The van der Waals surface area contributed by atoms with Gasteiger partial charge in [0, 0.05) is 23.1 Å². The highest BCUT2D eigenvalue weighted by Crippen LogP contribution is 2.38. The molecule has 0 radical (unpaired) electrons. The average Bonchev–Trinajstić information content (AvgIpc) is 3.30. The van der Waals surface area contributed by atoms with E-state index in [1.54, 1.807) is 11.3 Å². The molecular weight excluding hydrogens is 440 g/mol. The fraction of sp³-hybridized carbons (Fsp3) is 0.385. The molecule has 4 rings (SSSR count). The SMILES string of the molecule is CCCCCCCCCN1C(=O)COc2ccc(-c3csc(-c4ccccc4Cl)n3)cc21. The number of hydrogen-bond donors (Lipinski definition) is 0. The molecule has 0 unspecified atom stereocenters. The number of halogens is 1. The first-order chi connectivity index (χ1) is 15.7. The van der Waals surface area contributed by atoms with Crippen LogP contribution in [0, 0.1) is 0 Å². The van der Waals surface area contributed by atoms with Crippen molar-refractivity contribution in [1.82, 2.24) is 4.98 Å². The highest BCUT2D eigenvalue weighted by molar-refractivity contribution is 7.13. The van der Waals surface area contributed by atoms with Gasteiger partial charge >= 0.3 is 0 Å². The number of nitrogens with zero attached hydrogens (tertiary/aromatic N) is 2. The maximum atomic E-state index is 12.6. The van der Waals surface area contributed by atoms with Crippen LogP contribution in [0.15, 0.2) is 47.8 Å². The van der Waals surface area contributed by atoms with Gasteiger partial charge < -0.3 is 9.64 Å². The van der Waals surface area contributed by atoms with E-state index in [2.05, 4.69) is 6.92 Å². The van der Waals surface area contributed by atoms with E-state index < -0.39 is 0 Å². The van der Waals surface area contributed by atoms with Gasteiger partial charge in [-0.1, -0.05) is 75.2 Å². The molecule has 0 saturated heterocycles. The Balaban J connectivity index is 1.48. The normalized spacial score (nSPS) is 13.2. The molecule has 0 spiro atoms. The number of thiazole rings is 1. The summed E-state index contributed by atoms with van der Waals surface area (Å²) in [7, 11) is 0. The van der Waals surface area contributed by atoms with Crippen molar-refractivity contribution in [3.8, 4) is 27.6 Å². The Labute approximate surface area is 199 Å². The molecule has 0 atom stereocenters. The quantitative estimate of drug-likeness (QED) is 0.287. The zero-order chi connectivity index (χ0) is 22.3. The molecule has 1 amide bonds. The van der Waals surface area contributed by atoms with Crippen LogP contribution in [0.25, 0.3) is 21.8 Å². The number of fused-ring (bicyclic) bond motifs is 1. The molecular formula is C26H29ClN2O2S. The lowest BCUT2D eigenvalue weighted by Gasteiger charge is -2.29. The monoisotopic (exact) mass is 468 g/mol. The molecule has 1 aliphatic heterocycles. The number of benzene rings is 2. The maximum absolute atomic E-state index is 12.6. The molecule has 0 aliphatic carbocycles. The van der Waals surface area contributed by atoms with Gasteiger partial charge in [-0.25, -0.2) is 4.98 Å². The third-order valence-electron chi connectivity index (χ3n) is 5.79. The number of aromatic nitrogens is 1. The van der Waals surface area contributed by atoms with Crippen molar-refractivity contribution in [1.29, 1.82) is 0 Å². The van der Waals surface area contributed by atoms with Crippen LogP contribution in [-0.4, -0.2) is 24.0 Å². The fourth-order valence-corrected chi connectivity index (χ4v) is 5.15. The zero-order valence-corrected chi connectivity index (χ0v) is 20.1. The molecule has 2 heterocycles. The van der Waals surface area contributed by atoms with Crippen LogP contribution in [0.2, 0.25) is 5.02 Å². The van der Waals surface area contributed by atoms with Gasteiger partial charge in [-0.3, -0.25) is 4.79 Å². The summed E-state index contributed by atoms with van der Waals surface area (Å²) in [6.45, 7) is 3.07. The van der Waals surface area contributed by atoms with Crippen LogP contribution in [0.4, 0.5) is 5.69 Å². The van der Waals surface area contributed by atoms with Gasteiger partial charge in [0.1, 0.15) is 10.8 Å². The van der Waals surface area contributed by atoms with E-state index in [1.807, 2.05) is 52.7 Å². The molecule has 0 fully saturated rings. The van der Waals surface area contributed by atoms with E-state index in [-0.39, 0.29) is 12.5 Å². The molecule has 3 aromatic rings. The van der Waals surface area contributed by atoms with Gasteiger partial charge in [-0.2, -0.15) is 0 Å². The molecule has 6 heteroatoms. The van der Waals surface area contributed by atoms with Crippen molar-refractivity contribution in [2.24, 2.45) is 0 Å². The Morgan fingerprint density at radius 1 is 1.06 bits per heavy atom. The minimum absolute atomic E-state index is 0.0238. The largest absolute Gasteiger partial charge is 0.482 e. The van der Waals surface area contributed by atoms with E-state index in [9.17, 15) is 4.79 Å². The lowest BCUT2D eigenvalue weighted by atomic mass is 10.1. The third kappa shape index (κ3) is 5.33. The van der Waals surface area contributed by atoms with E-state index in [0.29, 0.717) is 5.02 Å². The summed E-state index contributed by atoms with van der Waals surface area (Å²) < 4.78 is 5.69. The van der Waals surface area contributed by atoms with Gasteiger partial charge in [0.05, 0.1) is 16.4 Å². The number of unbranched alkanes of at least 4 members (excludes halogenated alkanes) is 6. The smallest absolute Gasteiger partial charge is 0.265 e. The molecule has 4 nitrogen and oxygen atoms in total. The van der Waals surface area contributed by atoms with Crippen LogP contribution in [0.3, 0.4) is 0 Å². The van der Waals surface area contributed by atoms with E-state index in [0.717, 1.165) is 52.7 Å². The summed E-state index contributed by atoms with van der Waals surface area (Å²) in [6.07, 6.45) is 8.56. The Bertz CT molecular complexity index is 1070. The number of rotatable bonds is 10. The van der Waals surface area contributed by atoms with Crippen LogP contribution >= 0.6 is 22.9 Å². The lowest BCUT2D eigenvalue weighted by Crippen LogP contribution is -2.39. The minimum atomic E-state index is 0.0238. The second kappa shape index (κ2) is 11.0. The third-order valence-corrected chi connectivity index (χ3v) is 7.00. The summed E-state index contributed by atoms with van der Waals surface area (Å²) in [6, 6.07) is 13.7. The number of amides is 1. The van der Waals surface area contributed by atoms with E-state index in [1.165, 1.54) is 32.1 Å². The maximum Gasteiger partial charge on any atom is 0.265 e. The summed E-state index contributed by atoms with van der Waals surface area (Å²) in [5.74, 6) is 0.786. The first kappa shape index (κ1) is 22.8. The predicted octanol–water partition coefficient (Wildman–Crippen LogP) is 7.61. The number of ether oxygens (including phenoxy) is 1. The average molecular weight is 469 g/mol. The Kier molecular flexibility index (Phi) is 7.82. The molecule has 1 aromatic heterocycles. The molecule has 0 bridgehead atoms. The topological polar surface area (TPSA) is 42.4 Å². The van der Waals surface area contributed by atoms with Gasteiger partial charge in [-0.05, 0) is 30.7 Å². The number of carbonyl (C=O) groups excluding carboxylic acids is 1. The number of hydrogen-bond acceptors (Lipinski definition) is 4. The van der Waals surface area contributed by atoms with Crippen molar-refractivity contribution in [2.45, 2.75) is 51.9 Å². The van der Waals surface area contributed by atoms with Crippen LogP contribution in [-0.2, 0) is 4.79 Å².